The summed E-state index contributed by atoms with van der Waals surface area (Å²) in [5.41, 5.74) is 1.23. The van der Waals surface area contributed by atoms with Crippen molar-refractivity contribution >= 4 is 10.8 Å². The van der Waals surface area contributed by atoms with Crippen LogP contribution >= 0.6 is 0 Å². The van der Waals surface area contributed by atoms with Crippen molar-refractivity contribution in [3.63, 3.8) is 0 Å². The van der Waals surface area contributed by atoms with Crippen LogP contribution in [0.25, 0.3) is 10.8 Å². The summed E-state index contributed by atoms with van der Waals surface area (Å²) < 4.78 is 0. The standard InChI is InChI=1S/C20H26N2/c1-16(2)20(12-14-21,13-15-22(3)4)19-11-7-9-17-8-5-6-10-18(17)19/h5-11,16H,12-13,15H2,1-4H3/t20-/m1/s1. The highest BCUT2D eigenvalue weighted by atomic mass is 15.0. The van der Waals surface area contributed by atoms with E-state index in [0.29, 0.717) is 12.3 Å². The van der Waals surface area contributed by atoms with Crippen LogP contribution in [-0.4, -0.2) is 25.5 Å². The predicted octanol–water partition coefficient (Wildman–Crippen LogP) is 4.60. The van der Waals surface area contributed by atoms with Gasteiger partial charge in [0.15, 0.2) is 0 Å². The predicted molar refractivity (Wildman–Crippen MR) is 93.9 cm³/mol. The van der Waals surface area contributed by atoms with E-state index >= 15 is 0 Å². The summed E-state index contributed by atoms with van der Waals surface area (Å²) in [4.78, 5) is 2.21. The Morgan fingerprint density at radius 3 is 2.41 bits per heavy atom. The molecule has 0 N–H and O–H groups in total. The molecule has 1 atom stereocenters. The molecule has 0 aromatic heterocycles. The monoisotopic (exact) mass is 294 g/mol. The van der Waals surface area contributed by atoms with Crippen molar-refractivity contribution in [3.8, 4) is 6.07 Å². The first-order valence-electron chi connectivity index (χ1n) is 8.01. The van der Waals surface area contributed by atoms with Crippen LogP contribution in [0.5, 0.6) is 0 Å². The summed E-state index contributed by atoms with van der Waals surface area (Å²) in [6.45, 7) is 5.48. The molecule has 2 aromatic rings. The number of hydrogen-bond acceptors (Lipinski definition) is 2. The lowest BCUT2D eigenvalue weighted by Gasteiger charge is -2.38. The first kappa shape index (κ1) is 16.5. The number of benzene rings is 2. The zero-order valence-electron chi connectivity index (χ0n) is 14.1. The Morgan fingerprint density at radius 1 is 1.09 bits per heavy atom. The molecule has 0 radical (unpaired) electrons. The zero-order valence-corrected chi connectivity index (χ0v) is 14.1. The van der Waals surface area contributed by atoms with Crippen LogP contribution in [0.15, 0.2) is 42.5 Å². The zero-order chi connectivity index (χ0) is 16.2. The number of rotatable bonds is 6. The van der Waals surface area contributed by atoms with Gasteiger partial charge < -0.3 is 4.90 Å². The molecule has 0 heterocycles. The second-order valence-electron chi connectivity index (χ2n) is 6.73. The van der Waals surface area contributed by atoms with Gasteiger partial charge in [-0.05, 0) is 49.3 Å². The second-order valence-corrected chi connectivity index (χ2v) is 6.73. The summed E-state index contributed by atoms with van der Waals surface area (Å²) in [5, 5.41) is 12.0. The minimum absolute atomic E-state index is 0.0973. The molecule has 0 aliphatic carbocycles. The molecular formula is C20H26N2. The lowest BCUT2D eigenvalue weighted by Crippen LogP contribution is -2.35. The maximum Gasteiger partial charge on any atom is 0.0631 e. The smallest absolute Gasteiger partial charge is 0.0631 e. The summed E-state index contributed by atoms with van der Waals surface area (Å²) in [6, 6.07) is 17.5. The first-order valence-corrected chi connectivity index (χ1v) is 8.01. The highest BCUT2D eigenvalue weighted by molar-refractivity contribution is 5.86. The van der Waals surface area contributed by atoms with Gasteiger partial charge in [0.2, 0.25) is 0 Å². The maximum absolute atomic E-state index is 9.49. The SMILES string of the molecule is CC(C)[C@@](CC#N)(CCN(C)C)c1cccc2ccccc12. The Labute approximate surface area is 134 Å². The third-order valence-electron chi connectivity index (χ3n) is 4.83. The van der Waals surface area contributed by atoms with Crippen LogP contribution in [0, 0.1) is 17.2 Å². The molecule has 0 fully saturated rings. The molecule has 0 bridgehead atoms. The molecule has 2 heteroatoms. The number of nitriles is 1. The van der Waals surface area contributed by atoms with E-state index in [4.69, 9.17) is 0 Å². The summed E-state index contributed by atoms with van der Waals surface area (Å²) in [5.74, 6) is 0.415. The van der Waals surface area contributed by atoms with Gasteiger partial charge in [0.1, 0.15) is 0 Å². The van der Waals surface area contributed by atoms with Gasteiger partial charge in [-0.1, -0.05) is 56.3 Å². The number of hydrogen-bond donors (Lipinski definition) is 0. The van der Waals surface area contributed by atoms with E-state index < -0.39 is 0 Å². The Kier molecular flexibility index (Phi) is 5.21. The fraction of sp³-hybridized carbons (Fsp3) is 0.450. The van der Waals surface area contributed by atoms with Gasteiger partial charge >= 0.3 is 0 Å². The van der Waals surface area contributed by atoms with E-state index in [1.807, 2.05) is 0 Å². The first-order chi connectivity index (χ1) is 10.5. The largest absolute Gasteiger partial charge is 0.309 e. The van der Waals surface area contributed by atoms with Crippen molar-refractivity contribution in [2.45, 2.75) is 32.1 Å². The number of nitrogens with zero attached hydrogens (tertiary/aromatic N) is 2. The molecule has 22 heavy (non-hydrogen) atoms. The van der Waals surface area contributed by atoms with Crippen LogP contribution in [0.3, 0.4) is 0 Å². The number of fused-ring (bicyclic) bond motifs is 1. The van der Waals surface area contributed by atoms with Crippen molar-refractivity contribution in [2.75, 3.05) is 20.6 Å². The van der Waals surface area contributed by atoms with E-state index in [0.717, 1.165) is 13.0 Å². The van der Waals surface area contributed by atoms with Crippen molar-refractivity contribution in [1.29, 1.82) is 5.26 Å². The molecule has 2 nitrogen and oxygen atoms in total. The third kappa shape index (κ3) is 3.15. The Balaban J connectivity index is 2.62. The van der Waals surface area contributed by atoms with E-state index in [2.05, 4.69) is 81.4 Å². The van der Waals surface area contributed by atoms with Crippen molar-refractivity contribution in [1.82, 2.24) is 4.90 Å². The molecule has 0 saturated heterocycles. The minimum Gasteiger partial charge on any atom is -0.309 e. The van der Waals surface area contributed by atoms with Gasteiger partial charge in [-0.3, -0.25) is 0 Å². The Hall–Kier alpha value is -1.85. The highest BCUT2D eigenvalue weighted by Gasteiger charge is 2.36. The fourth-order valence-corrected chi connectivity index (χ4v) is 3.35. The van der Waals surface area contributed by atoms with Gasteiger partial charge in [-0.25, -0.2) is 0 Å². The van der Waals surface area contributed by atoms with Gasteiger partial charge in [-0.15, -0.1) is 0 Å². The van der Waals surface area contributed by atoms with Crippen LogP contribution in [0.4, 0.5) is 0 Å². The second kappa shape index (κ2) is 6.94. The van der Waals surface area contributed by atoms with E-state index in [1.54, 1.807) is 0 Å². The third-order valence-corrected chi connectivity index (χ3v) is 4.83. The lowest BCUT2D eigenvalue weighted by atomic mass is 9.66. The summed E-state index contributed by atoms with van der Waals surface area (Å²) in [6.07, 6.45) is 1.56. The van der Waals surface area contributed by atoms with Crippen LogP contribution in [0.2, 0.25) is 0 Å². The maximum atomic E-state index is 9.49. The molecule has 2 aromatic carbocycles. The molecule has 0 saturated carbocycles. The summed E-state index contributed by atoms with van der Waals surface area (Å²) >= 11 is 0. The Bertz CT molecular complexity index is 661. The molecule has 2 rings (SSSR count). The molecule has 0 aliphatic heterocycles. The topological polar surface area (TPSA) is 27.0 Å². The quantitative estimate of drug-likeness (QED) is 0.778. The molecule has 0 spiro atoms. The van der Waals surface area contributed by atoms with Crippen LogP contribution in [0.1, 0.15) is 32.3 Å². The molecule has 0 aliphatic rings. The molecular weight excluding hydrogens is 268 g/mol. The lowest BCUT2D eigenvalue weighted by molar-refractivity contribution is 0.251. The summed E-state index contributed by atoms with van der Waals surface area (Å²) in [7, 11) is 4.20. The van der Waals surface area contributed by atoms with Crippen LogP contribution in [-0.2, 0) is 5.41 Å². The van der Waals surface area contributed by atoms with E-state index in [1.165, 1.54) is 16.3 Å². The van der Waals surface area contributed by atoms with E-state index in [-0.39, 0.29) is 5.41 Å². The van der Waals surface area contributed by atoms with Gasteiger partial charge in [0.25, 0.3) is 0 Å². The average molecular weight is 294 g/mol. The van der Waals surface area contributed by atoms with Gasteiger partial charge in [0.05, 0.1) is 6.07 Å². The van der Waals surface area contributed by atoms with Gasteiger partial charge in [-0.2, -0.15) is 5.26 Å². The van der Waals surface area contributed by atoms with Crippen LogP contribution < -0.4 is 0 Å². The van der Waals surface area contributed by atoms with Crippen molar-refractivity contribution < 1.29 is 0 Å². The fourth-order valence-electron chi connectivity index (χ4n) is 3.35. The van der Waals surface area contributed by atoms with Gasteiger partial charge in [0, 0.05) is 11.8 Å². The molecule has 116 valence electrons. The van der Waals surface area contributed by atoms with E-state index in [9.17, 15) is 5.26 Å². The molecule has 0 unspecified atom stereocenters. The minimum atomic E-state index is -0.0973. The Morgan fingerprint density at radius 2 is 1.77 bits per heavy atom. The normalized spacial score (nSPS) is 14.2. The van der Waals surface area contributed by atoms with Crippen molar-refractivity contribution in [3.05, 3.63) is 48.0 Å². The molecule has 0 amide bonds. The average Bonchev–Trinajstić information content (AvgIpc) is 2.50. The van der Waals surface area contributed by atoms with Crippen molar-refractivity contribution in [2.24, 2.45) is 5.92 Å². The highest BCUT2D eigenvalue weighted by Crippen LogP contribution is 2.42.